The predicted molar refractivity (Wildman–Crippen MR) is 144 cm³/mol. The van der Waals surface area contributed by atoms with E-state index < -0.39 is 5.60 Å². The van der Waals surface area contributed by atoms with Crippen LogP contribution in [0.25, 0.3) is 21.9 Å². The van der Waals surface area contributed by atoms with Crippen molar-refractivity contribution in [3.8, 4) is 23.1 Å². The molecular weight excluding hydrogens is 438 g/mol. The van der Waals surface area contributed by atoms with Gasteiger partial charge in [-0.2, -0.15) is 5.26 Å². The summed E-state index contributed by atoms with van der Waals surface area (Å²) in [6.07, 6.45) is 2.11. The Kier molecular flexibility index (Phi) is 11.0. The highest BCUT2D eigenvalue weighted by molar-refractivity contribution is 5.90. The van der Waals surface area contributed by atoms with Gasteiger partial charge in [0.05, 0.1) is 13.2 Å². The molecule has 0 saturated carbocycles. The molecule has 0 aliphatic carbocycles. The maximum atomic E-state index is 9.85. The van der Waals surface area contributed by atoms with Crippen LogP contribution in [0.5, 0.6) is 5.88 Å². The monoisotopic (exact) mass is 477 g/mol. The lowest BCUT2D eigenvalue weighted by molar-refractivity contribution is 0.0714. The maximum absolute atomic E-state index is 9.85. The van der Waals surface area contributed by atoms with E-state index in [1.807, 2.05) is 53.7 Å². The van der Waals surface area contributed by atoms with E-state index in [0.717, 1.165) is 48.2 Å². The number of aromatic nitrogens is 1. The van der Waals surface area contributed by atoms with Crippen LogP contribution in [-0.4, -0.2) is 48.6 Å². The second-order valence-electron chi connectivity index (χ2n) is 8.33. The number of aliphatic hydroxyl groups is 1. The highest BCUT2D eigenvalue weighted by Crippen LogP contribution is 2.33. The van der Waals surface area contributed by atoms with Crippen LogP contribution in [0.3, 0.4) is 0 Å². The predicted octanol–water partition coefficient (Wildman–Crippen LogP) is 6.20. The van der Waals surface area contributed by atoms with Crippen molar-refractivity contribution in [1.29, 1.82) is 5.26 Å². The van der Waals surface area contributed by atoms with Gasteiger partial charge in [-0.1, -0.05) is 45.9 Å². The van der Waals surface area contributed by atoms with Crippen LogP contribution in [0.2, 0.25) is 0 Å². The standard InChI is InChI=1S/C25H27N3O3.2C2H6/c1-25(2,8-12-29)31-24-23(17-26)22(7-9-27-24)20-4-3-19-16-21(6-5-18(19)15-20)28-10-13-30-14-11-28;2*1-2/h3-7,9,15-16,29H,8,10-14H2,1-2H3;2*1-2H3. The molecule has 0 radical (unpaired) electrons. The first-order valence-electron chi connectivity index (χ1n) is 12.6. The van der Waals surface area contributed by atoms with E-state index in [2.05, 4.69) is 46.3 Å². The number of pyridine rings is 1. The second kappa shape index (κ2) is 13.7. The fourth-order valence-corrected chi connectivity index (χ4v) is 3.87. The molecule has 35 heavy (non-hydrogen) atoms. The molecule has 1 aliphatic heterocycles. The number of nitrogens with zero attached hydrogens (tertiary/aromatic N) is 3. The summed E-state index contributed by atoms with van der Waals surface area (Å²) in [5.41, 5.74) is 2.71. The molecule has 1 saturated heterocycles. The van der Waals surface area contributed by atoms with E-state index in [0.29, 0.717) is 17.9 Å². The Morgan fingerprint density at radius 3 is 2.34 bits per heavy atom. The largest absolute Gasteiger partial charge is 0.471 e. The second-order valence-corrected chi connectivity index (χ2v) is 8.33. The van der Waals surface area contributed by atoms with Crippen molar-refractivity contribution in [3.05, 3.63) is 54.2 Å². The fourth-order valence-electron chi connectivity index (χ4n) is 3.87. The topological polar surface area (TPSA) is 78.6 Å². The molecule has 0 spiro atoms. The summed E-state index contributed by atoms with van der Waals surface area (Å²) in [6.45, 7) is 15.1. The van der Waals surface area contributed by atoms with Gasteiger partial charge in [0, 0.05) is 43.6 Å². The van der Waals surface area contributed by atoms with Crippen molar-refractivity contribution >= 4 is 16.5 Å². The van der Waals surface area contributed by atoms with Crippen LogP contribution >= 0.6 is 0 Å². The normalized spacial score (nSPS) is 13.1. The van der Waals surface area contributed by atoms with E-state index in [9.17, 15) is 10.4 Å². The molecule has 188 valence electrons. The van der Waals surface area contributed by atoms with E-state index >= 15 is 0 Å². The van der Waals surface area contributed by atoms with Gasteiger partial charge < -0.3 is 19.5 Å². The summed E-state index contributed by atoms with van der Waals surface area (Å²) in [6, 6.07) is 16.8. The molecule has 1 aromatic heterocycles. The summed E-state index contributed by atoms with van der Waals surface area (Å²) in [7, 11) is 0. The van der Waals surface area contributed by atoms with Gasteiger partial charge in [0.25, 0.3) is 0 Å². The summed E-state index contributed by atoms with van der Waals surface area (Å²) < 4.78 is 11.4. The number of aliphatic hydroxyl groups excluding tert-OH is 1. The Balaban J connectivity index is 0.00000103. The molecule has 0 unspecified atom stereocenters. The number of fused-ring (bicyclic) bond motifs is 1. The first-order chi connectivity index (χ1) is 17.0. The number of rotatable bonds is 6. The van der Waals surface area contributed by atoms with E-state index in [-0.39, 0.29) is 6.61 Å². The molecule has 1 fully saturated rings. The molecule has 6 nitrogen and oxygen atoms in total. The van der Waals surface area contributed by atoms with Crippen molar-refractivity contribution in [2.45, 2.75) is 53.6 Å². The van der Waals surface area contributed by atoms with Crippen molar-refractivity contribution < 1.29 is 14.6 Å². The van der Waals surface area contributed by atoms with E-state index in [1.54, 1.807) is 6.20 Å². The average molecular weight is 478 g/mol. The smallest absolute Gasteiger partial charge is 0.232 e. The molecule has 1 aliphatic rings. The lowest BCUT2D eigenvalue weighted by atomic mass is 9.98. The number of benzene rings is 2. The molecule has 3 aromatic rings. The molecule has 2 heterocycles. The maximum Gasteiger partial charge on any atom is 0.232 e. The summed E-state index contributed by atoms with van der Waals surface area (Å²) >= 11 is 0. The van der Waals surface area contributed by atoms with Crippen molar-refractivity contribution in [2.75, 3.05) is 37.8 Å². The van der Waals surface area contributed by atoms with Crippen molar-refractivity contribution in [3.63, 3.8) is 0 Å². The van der Waals surface area contributed by atoms with Crippen LogP contribution in [0.1, 0.15) is 53.5 Å². The lowest BCUT2D eigenvalue weighted by Crippen LogP contribution is -2.36. The SMILES string of the molecule is CC.CC.CC(C)(CCO)Oc1nccc(-c2ccc3cc(N4CCOCC4)ccc3c2)c1C#N. The number of hydrogen-bond donors (Lipinski definition) is 1. The van der Waals surface area contributed by atoms with Crippen LogP contribution in [0, 0.1) is 11.3 Å². The Morgan fingerprint density at radius 1 is 1.03 bits per heavy atom. The van der Waals surface area contributed by atoms with Crippen LogP contribution in [0.4, 0.5) is 5.69 Å². The molecular formula is C29H39N3O3. The number of hydrogen-bond acceptors (Lipinski definition) is 6. The highest BCUT2D eigenvalue weighted by atomic mass is 16.5. The zero-order valence-corrected chi connectivity index (χ0v) is 22.0. The van der Waals surface area contributed by atoms with E-state index in [1.165, 1.54) is 5.69 Å². The minimum Gasteiger partial charge on any atom is -0.471 e. The first kappa shape index (κ1) is 28.1. The third-order valence-electron chi connectivity index (χ3n) is 5.63. The highest BCUT2D eigenvalue weighted by Gasteiger charge is 2.23. The third kappa shape index (κ3) is 7.17. The minimum absolute atomic E-state index is 0.00565. The zero-order chi connectivity index (χ0) is 25.8. The Labute approximate surface area is 210 Å². The van der Waals surface area contributed by atoms with Crippen molar-refractivity contribution in [1.82, 2.24) is 4.98 Å². The minimum atomic E-state index is -0.620. The number of ether oxygens (including phenoxy) is 2. The number of morpholine rings is 1. The Bertz CT molecular complexity index is 1120. The van der Waals surface area contributed by atoms with Crippen molar-refractivity contribution in [2.24, 2.45) is 0 Å². The van der Waals surface area contributed by atoms with Gasteiger partial charge in [0.2, 0.25) is 5.88 Å². The van der Waals surface area contributed by atoms with Gasteiger partial charge in [-0.05, 0) is 54.4 Å². The van der Waals surface area contributed by atoms with Crippen LogP contribution < -0.4 is 9.64 Å². The molecule has 1 N–H and O–H groups in total. The fraction of sp³-hybridized carbons (Fsp3) is 0.448. The quantitative estimate of drug-likeness (QED) is 0.455. The Hall–Kier alpha value is -3.14. The van der Waals surface area contributed by atoms with E-state index in [4.69, 9.17) is 9.47 Å². The summed E-state index contributed by atoms with van der Waals surface area (Å²) in [5.74, 6) is 0.293. The molecule has 0 bridgehead atoms. The van der Waals surface area contributed by atoms with Crippen LogP contribution in [0.15, 0.2) is 48.7 Å². The third-order valence-corrected chi connectivity index (χ3v) is 5.63. The van der Waals surface area contributed by atoms with Crippen LogP contribution in [-0.2, 0) is 4.74 Å². The van der Waals surface area contributed by atoms with Gasteiger partial charge in [0.1, 0.15) is 17.2 Å². The average Bonchev–Trinajstić information content (AvgIpc) is 2.90. The zero-order valence-electron chi connectivity index (χ0n) is 22.0. The van der Waals surface area contributed by atoms with Gasteiger partial charge in [-0.15, -0.1) is 0 Å². The molecule has 0 amide bonds. The van der Waals surface area contributed by atoms with Gasteiger partial charge in [-0.25, -0.2) is 4.98 Å². The molecule has 6 heteroatoms. The number of anilines is 1. The summed E-state index contributed by atoms with van der Waals surface area (Å²) in [4.78, 5) is 6.63. The van der Waals surface area contributed by atoms with Gasteiger partial charge in [0.15, 0.2) is 0 Å². The molecule has 4 rings (SSSR count). The lowest BCUT2D eigenvalue weighted by Gasteiger charge is -2.29. The van der Waals surface area contributed by atoms with Gasteiger partial charge >= 0.3 is 0 Å². The van der Waals surface area contributed by atoms with Gasteiger partial charge in [-0.3, -0.25) is 0 Å². The number of nitriles is 1. The molecule has 2 aromatic carbocycles. The first-order valence-corrected chi connectivity index (χ1v) is 12.6. The Morgan fingerprint density at radius 2 is 1.69 bits per heavy atom. The molecule has 0 atom stereocenters. The summed E-state index contributed by atoms with van der Waals surface area (Å²) in [5, 5.41) is 21.4.